The predicted octanol–water partition coefficient (Wildman–Crippen LogP) is 2.67. The predicted molar refractivity (Wildman–Crippen MR) is 64.3 cm³/mol. The van der Waals surface area contributed by atoms with Crippen LogP contribution in [0.25, 0.3) is 0 Å². The van der Waals surface area contributed by atoms with Gasteiger partial charge in [0.05, 0.1) is 6.61 Å². The number of benzene rings is 1. The summed E-state index contributed by atoms with van der Waals surface area (Å²) in [5.41, 5.74) is 8.28. The van der Waals surface area contributed by atoms with Gasteiger partial charge in [-0.1, -0.05) is 12.1 Å². The van der Waals surface area contributed by atoms with Crippen molar-refractivity contribution in [3.05, 3.63) is 29.3 Å². The van der Waals surface area contributed by atoms with Crippen molar-refractivity contribution in [2.24, 2.45) is 5.73 Å². The molecule has 0 aromatic heterocycles. The van der Waals surface area contributed by atoms with E-state index in [2.05, 4.69) is 19.1 Å². The van der Waals surface area contributed by atoms with Crippen LogP contribution in [0, 0.1) is 6.92 Å². The monoisotopic (exact) mass is 207 g/mol. The third-order valence-electron chi connectivity index (χ3n) is 2.20. The largest absolute Gasteiger partial charge is 0.494 e. The molecular weight excluding hydrogens is 186 g/mol. The van der Waals surface area contributed by atoms with Crippen LogP contribution in [-0.2, 0) is 6.42 Å². The Hall–Kier alpha value is -1.02. The van der Waals surface area contributed by atoms with Gasteiger partial charge in [0.2, 0.25) is 0 Å². The lowest BCUT2D eigenvalue weighted by atomic mass is 9.95. The van der Waals surface area contributed by atoms with E-state index in [1.807, 2.05) is 26.8 Å². The molecular formula is C13H21NO. The molecule has 0 aliphatic heterocycles. The van der Waals surface area contributed by atoms with Crippen LogP contribution in [0.2, 0.25) is 0 Å². The third-order valence-corrected chi connectivity index (χ3v) is 2.20. The van der Waals surface area contributed by atoms with E-state index < -0.39 is 0 Å². The summed E-state index contributed by atoms with van der Waals surface area (Å²) in [4.78, 5) is 0. The van der Waals surface area contributed by atoms with Gasteiger partial charge in [-0.3, -0.25) is 0 Å². The number of nitrogens with two attached hydrogens (primary N) is 1. The van der Waals surface area contributed by atoms with E-state index in [0.29, 0.717) is 6.61 Å². The van der Waals surface area contributed by atoms with Crippen molar-refractivity contribution in [3.8, 4) is 5.75 Å². The SMILES string of the molecule is CCOc1ccc(CC(C)(C)N)cc1C. The van der Waals surface area contributed by atoms with E-state index in [1.54, 1.807) is 0 Å². The molecule has 0 amide bonds. The van der Waals surface area contributed by atoms with Crippen LogP contribution in [0.15, 0.2) is 18.2 Å². The summed E-state index contributed by atoms with van der Waals surface area (Å²) in [6.07, 6.45) is 0.889. The van der Waals surface area contributed by atoms with E-state index in [4.69, 9.17) is 10.5 Å². The first-order valence-corrected chi connectivity index (χ1v) is 5.43. The Morgan fingerprint density at radius 3 is 2.47 bits per heavy atom. The summed E-state index contributed by atoms with van der Waals surface area (Å²) in [6.45, 7) is 8.86. The second-order valence-electron chi connectivity index (χ2n) is 4.70. The molecule has 0 atom stereocenters. The molecule has 2 heteroatoms. The molecule has 0 spiro atoms. The molecule has 1 aromatic rings. The molecule has 0 aliphatic carbocycles. The van der Waals surface area contributed by atoms with Crippen LogP contribution in [0.1, 0.15) is 31.9 Å². The van der Waals surface area contributed by atoms with Gasteiger partial charge in [0, 0.05) is 5.54 Å². The fraction of sp³-hybridized carbons (Fsp3) is 0.538. The van der Waals surface area contributed by atoms with Crippen molar-refractivity contribution in [1.29, 1.82) is 0 Å². The zero-order valence-corrected chi connectivity index (χ0v) is 10.1. The number of rotatable bonds is 4. The first-order chi connectivity index (χ1) is 6.92. The Morgan fingerprint density at radius 2 is 2.00 bits per heavy atom. The zero-order valence-electron chi connectivity index (χ0n) is 10.1. The molecule has 0 bridgehead atoms. The lowest BCUT2D eigenvalue weighted by Gasteiger charge is -2.19. The average Bonchev–Trinajstić information content (AvgIpc) is 2.07. The Morgan fingerprint density at radius 1 is 1.33 bits per heavy atom. The highest BCUT2D eigenvalue weighted by atomic mass is 16.5. The van der Waals surface area contributed by atoms with Gasteiger partial charge < -0.3 is 10.5 Å². The topological polar surface area (TPSA) is 35.2 Å². The summed E-state index contributed by atoms with van der Waals surface area (Å²) in [6, 6.07) is 6.27. The number of ether oxygens (including phenoxy) is 1. The second-order valence-corrected chi connectivity index (χ2v) is 4.70. The maximum atomic E-state index is 5.98. The highest BCUT2D eigenvalue weighted by Crippen LogP contribution is 2.21. The van der Waals surface area contributed by atoms with E-state index in [9.17, 15) is 0 Å². The van der Waals surface area contributed by atoms with Crippen molar-refractivity contribution in [3.63, 3.8) is 0 Å². The van der Waals surface area contributed by atoms with Gasteiger partial charge in [0.25, 0.3) is 0 Å². The first kappa shape index (κ1) is 12.1. The Balaban J connectivity index is 2.82. The van der Waals surface area contributed by atoms with Gasteiger partial charge in [-0.05, 0) is 51.3 Å². The maximum absolute atomic E-state index is 5.98. The normalized spacial score (nSPS) is 11.5. The maximum Gasteiger partial charge on any atom is 0.122 e. The first-order valence-electron chi connectivity index (χ1n) is 5.43. The van der Waals surface area contributed by atoms with Gasteiger partial charge in [0.15, 0.2) is 0 Å². The quantitative estimate of drug-likeness (QED) is 0.823. The molecule has 0 saturated heterocycles. The Kier molecular flexibility index (Phi) is 3.75. The molecule has 0 fully saturated rings. The van der Waals surface area contributed by atoms with Crippen molar-refractivity contribution in [2.45, 2.75) is 39.7 Å². The minimum absolute atomic E-state index is 0.153. The van der Waals surface area contributed by atoms with E-state index in [-0.39, 0.29) is 5.54 Å². The number of aryl methyl sites for hydroxylation is 1. The van der Waals surface area contributed by atoms with Crippen molar-refractivity contribution in [1.82, 2.24) is 0 Å². The molecule has 15 heavy (non-hydrogen) atoms. The molecule has 0 unspecified atom stereocenters. The summed E-state index contributed by atoms with van der Waals surface area (Å²) >= 11 is 0. The number of hydrogen-bond donors (Lipinski definition) is 1. The third kappa shape index (κ3) is 3.92. The van der Waals surface area contributed by atoms with Crippen molar-refractivity contribution in [2.75, 3.05) is 6.61 Å². The highest BCUT2D eigenvalue weighted by molar-refractivity contribution is 5.36. The van der Waals surface area contributed by atoms with Crippen LogP contribution in [0.5, 0.6) is 5.75 Å². The standard InChI is InChI=1S/C13H21NO/c1-5-15-12-7-6-11(8-10(12)2)9-13(3,4)14/h6-8H,5,9,14H2,1-4H3. The second kappa shape index (κ2) is 4.67. The summed E-state index contributed by atoms with van der Waals surface area (Å²) in [5.74, 6) is 0.969. The van der Waals surface area contributed by atoms with Crippen molar-refractivity contribution < 1.29 is 4.74 Å². The molecule has 0 radical (unpaired) electrons. The molecule has 1 rings (SSSR count). The van der Waals surface area contributed by atoms with Crippen molar-refractivity contribution >= 4 is 0 Å². The Bertz CT molecular complexity index is 326. The van der Waals surface area contributed by atoms with Crippen LogP contribution >= 0.6 is 0 Å². The van der Waals surface area contributed by atoms with Crippen LogP contribution in [0.4, 0.5) is 0 Å². The zero-order chi connectivity index (χ0) is 11.5. The fourth-order valence-corrected chi connectivity index (χ4v) is 1.67. The average molecular weight is 207 g/mol. The summed E-state index contributed by atoms with van der Waals surface area (Å²) < 4.78 is 5.49. The minimum Gasteiger partial charge on any atom is -0.494 e. The van der Waals surface area contributed by atoms with Gasteiger partial charge in [0.1, 0.15) is 5.75 Å². The summed E-state index contributed by atoms with van der Waals surface area (Å²) in [7, 11) is 0. The molecule has 0 heterocycles. The van der Waals surface area contributed by atoms with Gasteiger partial charge in [-0.25, -0.2) is 0 Å². The minimum atomic E-state index is -0.153. The lowest BCUT2D eigenvalue weighted by molar-refractivity contribution is 0.337. The highest BCUT2D eigenvalue weighted by Gasteiger charge is 2.12. The van der Waals surface area contributed by atoms with E-state index in [1.165, 1.54) is 11.1 Å². The lowest BCUT2D eigenvalue weighted by Crippen LogP contribution is -2.34. The molecule has 0 saturated carbocycles. The van der Waals surface area contributed by atoms with Crippen LogP contribution < -0.4 is 10.5 Å². The summed E-state index contributed by atoms with van der Waals surface area (Å²) in [5, 5.41) is 0. The molecule has 2 nitrogen and oxygen atoms in total. The molecule has 84 valence electrons. The van der Waals surface area contributed by atoms with Crippen LogP contribution in [0.3, 0.4) is 0 Å². The fourth-order valence-electron chi connectivity index (χ4n) is 1.67. The molecule has 1 aromatic carbocycles. The molecule has 0 aliphatic rings. The molecule has 2 N–H and O–H groups in total. The van der Waals surface area contributed by atoms with Gasteiger partial charge in [-0.15, -0.1) is 0 Å². The smallest absolute Gasteiger partial charge is 0.122 e. The van der Waals surface area contributed by atoms with Gasteiger partial charge in [-0.2, -0.15) is 0 Å². The van der Waals surface area contributed by atoms with E-state index in [0.717, 1.165) is 12.2 Å². The van der Waals surface area contributed by atoms with Gasteiger partial charge >= 0.3 is 0 Å². The van der Waals surface area contributed by atoms with E-state index >= 15 is 0 Å². The van der Waals surface area contributed by atoms with Crippen LogP contribution in [-0.4, -0.2) is 12.1 Å². The Labute approximate surface area is 92.4 Å². The number of hydrogen-bond acceptors (Lipinski definition) is 2.